The molecular weight excluding hydrogens is 304 g/mol. The Morgan fingerprint density at radius 2 is 1.32 bits per heavy atom. The Hall–Kier alpha value is -3.39. The topological polar surface area (TPSA) is 49.9 Å². The number of nitrogens with two attached hydrogens (primary N) is 1. The highest BCUT2D eigenvalue weighted by molar-refractivity contribution is 6.05. The lowest BCUT2D eigenvalue weighted by Crippen LogP contribution is -1.97. The molecule has 0 aliphatic heterocycles. The number of nitrogen functional groups attached to an aromatic ring is 1. The molecule has 1 aliphatic carbocycles. The minimum Gasteiger partial charge on any atom is -0.399 e. The molecule has 0 heterocycles. The van der Waals surface area contributed by atoms with Crippen LogP contribution in [0.15, 0.2) is 96.6 Å². The van der Waals surface area contributed by atoms with Gasteiger partial charge < -0.3 is 11.1 Å². The van der Waals surface area contributed by atoms with Crippen molar-refractivity contribution in [2.75, 3.05) is 5.73 Å². The number of benzene rings is 3. The van der Waals surface area contributed by atoms with Crippen LogP contribution in [-0.4, -0.2) is 5.71 Å². The van der Waals surface area contributed by atoms with Crippen LogP contribution in [0.3, 0.4) is 0 Å². The molecule has 120 valence electrons. The van der Waals surface area contributed by atoms with Crippen LogP contribution < -0.4 is 5.73 Å². The van der Waals surface area contributed by atoms with Crippen molar-refractivity contribution in [1.29, 1.82) is 5.41 Å². The third-order valence-corrected chi connectivity index (χ3v) is 4.41. The van der Waals surface area contributed by atoms with E-state index in [1.54, 1.807) is 0 Å². The summed E-state index contributed by atoms with van der Waals surface area (Å²) in [6, 6.07) is 22.8. The molecule has 0 bridgehead atoms. The molecule has 0 fully saturated rings. The van der Waals surface area contributed by atoms with E-state index in [0.717, 1.165) is 28.0 Å². The Labute approximate surface area is 147 Å². The molecule has 0 amide bonds. The van der Waals surface area contributed by atoms with E-state index in [4.69, 9.17) is 11.1 Å². The van der Waals surface area contributed by atoms with E-state index >= 15 is 0 Å². The van der Waals surface area contributed by atoms with Crippen LogP contribution in [0, 0.1) is 5.41 Å². The molecule has 3 N–H and O–H groups in total. The van der Waals surface area contributed by atoms with Gasteiger partial charge in [0.2, 0.25) is 0 Å². The summed E-state index contributed by atoms with van der Waals surface area (Å²) in [5, 5.41) is 10.2. The zero-order valence-electron chi connectivity index (χ0n) is 13.7. The van der Waals surface area contributed by atoms with Gasteiger partial charge in [-0.3, -0.25) is 0 Å². The summed E-state index contributed by atoms with van der Waals surface area (Å²) in [6.07, 6.45) is 7.66. The molecule has 0 atom stereocenters. The van der Waals surface area contributed by atoms with Gasteiger partial charge in [-0.1, -0.05) is 60.7 Å². The van der Waals surface area contributed by atoms with Gasteiger partial charge in [0.25, 0.3) is 0 Å². The van der Waals surface area contributed by atoms with Crippen LogP contribution >= 0.6 is 0 Å². The van der Waals surface area contributed by atoms with Crippen molar-refractivity contribution in [2.24, 2.45) is 0 Å². The number of anilines is 1. The van der Waals surface area contributed by atoms with Gasteiger partial charge in [-0.2, -0.15) is 0 Å². The normalized spacial score (nSPS) is 13.4. The molecule has 0 aromatic heterocycles. The number of fused-ring (bicyclic) bond motifs is 1. The van der Waals surface area contributed by atoms with Crippen LogP contribution in [0.25, 0.3) is 16.3 Å². The number of hydrogen-bond acceptors (Lipinski definition) is 2. The van der Waals surface area contributed by atoms with Gasteiger partial charge in [0.15, 0.2) is 0 Å². The quantitative estimate of drug-likeness (QED) is 0.612. The maximum atomic E-state index is 7.75. The van der Waals surface area contributed by atoms with Gasteiger partial charge in [-0.05, 0) is 63.4 Å². The number of hydrogen-bond donors (Lipinski definition) is 2. The van der Waals surface area contributed by atoms with Crippen molar-refractivity contribution < 1.29 is 0 Å². The summed E-state index contributed by atoms with van der Waals surface area (Å²) in [5.41, 5.74) is 11.6. The second-order valence-electron chi connectivity index (χ2n) is 6.14. The van der Waals surface area contributed by atoms with Crippen molar-refractivity contribution >= 4 is 27.7 Å². The Bertz CT molecular complexity index is 1030. The molecule has 0 saturated carbocycles. The highest BCUT2D eigenvalue weighted by atomic mass is 14.5. The first-order chi connectivity index (χ1) is 12.2. The maximum absolute atomic E-state index is 7.75. The van der Waals surface area contributed by atoms with E-state index in [1.807, 2.05) is 36.4 Å². The molecule has 0 saturated heterocycles. The molecule has 4 rings (SSSR count). The van der Waals surface area contributed by atoms with Crippen LogP contribution in [0.1, 0.15) is 11.1 Å². The van der Waals surface area contributed by atoms with Gasteiger partial charge >= 0.3 is 0 Å². The van der Waals surface area contributed by atoms with Gasteiger partial charge in [-0.15, -0.1) is 0 Å². The third-order valence-electron chi connectivity index (χ3n) is 4.41. The molecule has 3 aromatic carbocycles. The van der Waals surface area contributed by atoms with Crippen molar-refractivity contribution in [3.05, 3.63) is 108 Å². The predicted molar refractivity (Wildman–Crippen MR) is 107 cm³/mol. The van der Waals surface area contributed by atoms with Crippen LogP contribution in [0.2, 0.25) is 0 Å². The van der Waals surface area contributed by atoms with Crippen molar-refractivity contribution in [1.82, 2.24) is 0 Å². The van der Waals surface area contributed by atoms with E-state index < -0.39 is 0 Å². The minimum atomic E-state index is 0.513. The van der Waals surface area contributed by atoms with E-state index in [2.05, 4.69) is 54.6 Å². The summed E-state index contributed by atoms with van der Waals surface area (Å²) >= 11 is 0. The van der Waals surface area contributed by atoms with Gasteiger partial charge in [0.05, 0.1) is 5.71 Å². The fraction of sp³-hybridized carbons (Fsp3) is 0. The average molecular weight is 322 g/mol. The summed E-state index contributed by atoms with van der Waals surface area (Å²) in [5.74, 6) is 0. The molecule has 1 aliphatic rings. The lowest BCUT2D eigenvalue weighted by Gasteiger charge is -2.15. The SMILES string of the molecule is N=C1C=CC(=C(c2ccc(N)cc2)c2ccc3ccccc3c2)C=C1. The number of nitrogens with one attached hydrogen (secondary N) is 1. The second-order valence-corrected chi connectivity index (χ2v) is 6.14. The summed E-state index contributed by atoms with van der Waals surface area (Å²) < 4.78 is 0. The molecule has 2 nitrogen and oxygen atoms in total. The molecular formula is C23H18N2. The summed E-state index contributed by atoms with van der Waals surface area (Å²) in [7, 11) is 0. The molecule has 25 heavy (non-hydrogen) atoms. The number of rotatable bonds is 2. The Morgan fingerprint density at radius 1 is 0.680 bits per heavy atom. The van der Waals surface area contributed by atoms with Crippen LogP contribution in [0.4, 0.5) is 5.69 Å². The Balaban J connectivity index is 1.95. The molecule has 0 radical (unpaired) electrons. The van der Waals surface area contributed by atoms with Gasteiger partial charge in [-0.25, -0.2) is 0 Å². The zero-order chi connectivity index (χ0) is 17.2. The van der Waals surface area contributed by atoms with Crippen LogP contribution in [-0.2, 0) is 0 Å². The number of allylic oxidation sites excluding steroid dienone is 5. The summed E-state index contributed by atoms with van der Waals surface area (Å²) in [4.78, 5) is 0. The van der Waals surface area contributed by atoms with E-state index in [-0.39, 0.29) is 0 Å². The van der Waals surface area contributed by atoms with Crippen LogP contribution in [0.5, 0.6) is 0 Å². The third kappa shape index (κ3) is 3.02. The first-order valence-corrected chi connectivity index (χ1v) is 8.25. The minimum absolute atomic E-state index is 0.513. The smallest absolute Gasteiger partial charge is 0.0540 e. The molecule has 0 unspecified atom stereocenters. The Morgan fingerprint density at radius 3 is 2.04 bits per heavy atom. The second kappa shape index (κ2) is 6.25. The lowest BCUT2D eigenvalue weighted by atomic mass is 9.89. The van der Waals surface area contributed by atoms with Gasteiger partial charge in [0, 0.05) is 5.69 Å². The van der Waals surface area contributed by atoms with E-state index in [1.165, 1.54) is 10.8 Å². The predicted octanol–water partition coefficient (Wildman–Crippen LogP) is 5.37. The zero-order valence-corrected chi connectivity index (χ0v) is 13.7. The summed E-state index contributed by atoms with van der Waals surface area (Å²) in [6.45, 7) is 0. The standard InChI is InChI=1S/C23H18N2/c24-21-11-7-17(8-12-21)23(18-9-13-22(25)14-10-18)20-6-5-16-3-1-2-4-19(16)15-20/h1-15,24H,25H2. The monoisotopic (exact) mass is 322 g/mol. The highest BCUT2D eigenvalue weighted by Crippen LogP contribution is 2.32. The molecule has 0 spiro atoms. The molecule has 2 heteroatoms. The molecule has 3 aromatic rings. The Kier molecular flexibility index (Phi) is 3.79. The van der Waals surface area contributed by atoms with Crippen molar-refractivity contribution in [2.45, 2.75) is 0 Å². The maximum Gasteiger partial charge on any atom is 0.0540 e. The first kappa shape index (κ1) is 15.2. The largest absolute Gasteiger partial charge is 0.399 e. The van der Waals surface area contributed by atoms with Crippen molar-refractivity contribution in [3.63, 3.8) is 0 Å². The van der Waals surface area contributed by atoms with Crippen molar-refractivity contribution in [3.8, 4) is 0 Å². The van der Waals surface area contributed by atoms with Gasteiger partial charge in [0.1, 0.15) is 0 Å². The lowest BCUT2D eigenvalue weighted by molar-refractivity contribution is 1.49. The average Bonchev–Trinajstić information content (AvgIpc) is 2.65. The first-order valence-electron chi connectivity index (χ1n) is 8.25. The fourth-order valence-corrected chi connectivity index (χ4v) is 3.13. The fourth-order valence-electron chi connectivity index (χ4n) is 3.13. The van der Waals surface area contributed by atoms with E-state index in [9.17, 15) is 0 Å². The highest BCUT2D eigenvalue weighted by Gasteiger charge is 2.11. The van der Waals surface area contributed by atoms with E-state index in [0.29, 0.717) is 5.71 Å².